The van der Waals surface area contributed by atoms with Crippen LogP contribution in [0.25, 0.3) is 51.6 Å². The summed E-state index contributed by atoms with van der Waals surface area (Å²) in [7, 11) is 0. The number of hydrogen-bond donors (Lipinski definition) is 0. The lowest BCUT2D eigenvalue weighted by Gasteiger charge is -2.21. The van der Waals surface area contributed by atoms with Crippen molar-refractivity contribution < 1.29 is 0 Å². The van der Waals surface area contributed by atoms with Crippen molar-refractivity contribution in [1.29, 1.82) is 0 Å². The standard InChI is InChI=1S/C29H27NS3/c1-16(2)12-19-15-22-24(32-19)7-6-20-21-8-10-30-25(28(21)33-27(20)22)18-13-17-9-11-31-26(17)23(14-18)29(3,4)5/h6-11,13-16H,12H2,1-5H3. The second-order valence-electron chi connectivity index (χ2n) is 10.4. The highest BCUT2D eigenvalue weighted by Gasteiger charge is 2.21. The molecular weight excluding hydrogens is 459 g/mol. The van der Waals surface area contributed by atoms with Crippen LogP contribution in [0.3, 0.4) is 0 Å². The van der Waals surface area contributed by atoms with Gasteiger partial charge in [0.05, 0.1) is 10.4 Å². The van der Waals surface area contributed by atoms with Gasteiger partial charge in [-0.1, -0.05) is 40.7 Å². The van der Waals surface area contributed by atoms with Crippen LogP contribution in [0.2, 0.25) is 0 Å². The second-order valence-corrected chi connectivity index (χ2v) is 13.5. The van der Waals surface area contributed by atoms with Crippen LogP contribution in [-0.4, -0.2) is 4.98 Å². The lowest BCUT2D eigenvalue weighted by molar-refractivity contribution is 0.597. The number of pyridine rings is 1. The van der Waals surface area contributed by atoms with Crippen LogP contribution in [0.1, 0.15) is 45.1 Å². The van der Waals surface area contributed by atoms with Gasteiger partial charge in [-0.05, 0) is 70.5 Å². The van der Waals surface area contributed by atoms with Crippen molar-refractivity contribution in [2.24, 2.45) is 5.92 Å². The van der Waals surface area contributed by atoms with Gasteiger partial charge in [0.1, 0.15) is 0 Å². The highest BCUT2D eigenvalue weighted by Crippen LogP contribution is 2.45. The van der Waals surface area contributed by atoms with Gasteiger partial charge in [0, 0.05) is 46.9 Å². The van der Waals surface area contributed by atoms with Crippen molar-refractivity contribution in [2.75, 3.05) is 0 Å². The number of fused-ring (bicyclic) bond motifs is 6. The van der Waals surface area contributed by atoms with E-state index < -0.39 is 0 Å². The molecule has 0 spiro atoms. The molecule has 0 aliphatic heterocycles. The molecule has 0 bridgehead atoms. The average molecular weight is 486 g/mol. The van der Waals surface area contributed by atoms with E-state index in [1.807, 2.05) is 40.2 Å². The van der Waals surface area contributed by atoms with Gasteiger partial charge in [-0.15, -0.1) is 34.0 Å². The number of aromatic nitrogens is 1. The molecule has 4 heterocycles. The summed E-state index contributed by atoms with van der Waals surface area (Å²) in [5, 5.41) is 7.61. The first-order chi connectivity index (χ1) is 15.8. The van der Waals surface area contributed by atoms with E-state index in [2.05, 4.69) is 82.5 Å². The van der Waals surface area contributed by atoms with Gasteiger partial charge in [0.2, 0.25) is 0 Å². The van der Waals surface area contributed by atoms with Gasteiger partial charge in [-0.3, -0.25) is 4.98 Å². The molecule has 166 valence electrons. The van der Waals surface area contributed by atoms with Crippen LogP contribution < -0.4 is 0 Å². The second kappa shape index (κ2) is 7.63. The summed E-state index contributed by atoms with van der Waals surface area (Å²) < 4.78 is 5.49. The van der Waals surface area contributed by atoms with Gasteiger partial charge in [0.25, 0.3) is 0 Å². The summed E-state index contributed by atoms with van der Waals surface area (Å²) in [5.41, 5.74) is 3.83. The maximum atomic E-state index is 4.93. The van der Waals surface area contributed by atoms with E-state index in [-0.39, 0.29) is 5.41 Å². The lowest BCUT2D eigenvalue weighted by Crippen LogP contribution is -2.11. The molecule has 4 aromatic heterocycles. The summed E-state index contributed by atoms with van der Waals surface area (Å²) in [6.45, 7) is 11.5. The van der Waals surface area contributed by atoms with E-state index >= 15 is 0 Å². The monoisotopic (exact) mass is 485 g/mol. The summed E-state index contributed by atoms with van der Waals surface area (Å²) in [6.07, 6.45) is 3.13. The molecule has 0 saturated carbocycles. The SMILES string of the molecule is CC(C)Cc1cc2c(ccc3c4ccnc(-c5cc(C(C)(C)C)c6sccc6c5)c4sc23)s1. The molecule has 0 N–H and O–H groups in total. The number of rotatable bonds is 3. The van der Waals surface area contributed by atoms with E-state index in [0.29, 0.717) is 5.92 Å². The summed E-state index contributed by atoms with van der Waals surface area (Å²) in [4.78, 5) is 6.41. The van der Waals surface area contributed by atoms with Gasteiger partial charge in [-0.25, -0.2) is 0 Å². The van der Waals surface area contributed by atoms with Crippen molar-refractivity contribution in [3.63, 3.8) is 0 Å². The predicted molar refractivity (Wildman–Crippen MR) is 151 cm³/mol. The third-order valence-electron chi connectivity index (χ3n) is 6.34. The van der Waals surface area contributed by atoms with E-state index in [9.17, 15) is 0 Å². The molecule has 0 saturated heterocycles. The third-order valence-corrected chi connectivity index (χ3v) is 9.69. The first-order valence-corrected chi connectivity index (χ1v) is 14.1. The minimum atomic E-state index is 0.0861. The first-order valence-electron chi connectivity index (χ1n) is 11.5. The minimum absolute atomic E-state index is 0.0861. The van der Waals surface area contributed by atoms with Crippen LogP contribution in [0, 0.1) is 5.92 Å². The molecule has 0 atom stereocenters. The molecule has 0 unspecified atom stereocenters. The Labute approximate surface area is 206 Å². The lowest BCUT2D eigenvalue weighted by atomic mass is 9.85. The smallest absolute Gasteiger partial charge is 0.0880 e. The van der Waals surface area contributed by atoms with Gasteiger partial charge in [-0.2, -0.15) is 0 Å². The first kappa shape index (κ1) is 21.3. The predicted octanol–water partition coefficient (Wildman–Crippen LogP) is 10.0. The molecule has 0 aliphatic rings. The number of thiophene rings is 3. The third kappa shape index (κ3) is 3.51. The van der Waals surface area contributed by atoms with E-state index in [4.69, 9.17) is 4.98 Å². The fourth-order valence-electron chi connectivity index (χ4n) is 4.81. The van der Waals surface area contributed by atoms with Crippen molar-refractivity contribution in [1.82, 2.24) is 4.98 Å². The average Bonchev–Trinajstić information content (AvgIpc) is 3.47. The van der Waals surface area contributed by atoms with Crippen molar-refractivity contribution in [2.45, 2.75) is 46.5 Å². The molecule has 6 rings (SSSR count). The van der Waals surface area contributed by atoms with Crippen molar-refractivity contribution in [3.8, 4) is 11.3 Å². The molecule has 0 fully saturated rings. The van der Waals surface area contributed by atoms with Crippen LogP contribution in [0.15, 0.2) is 54.0 Å². The molecular formula is C29H27NS3. The maximum absolute atomic E-state index is 4.93. The Kier molecular flexibility index (Phi) is 4.92. The highest BCUT2D eigenvalue weighted by atomic mass is 32.1. The van der Waals surface area contributed by atoms with E-state index in [0.717, 1.165) is 12.1 Å². The molecule has 0 aliphatic carbocycles. The Balaban J connectivity index is 1.62. The maximum Gasteiger partial charge on any atom is 0.0880 e. The summed E-state index contributed by atoms with van der Waals surface area (Å²) >= 11 is 5.71. The fourth-order valence-corrected chi connectivity index (χ4v) is 8.59. The Hall–Kier alpha value is -2.27. The molecule has 0 amide bonds. The van der Waals surface area contributed by atoms with Crippen molar-refractivity contribution in [3.05, 3.63) is 64.5 Å². The van der Waals surface area contributed by atoms with E-state index in [1.165, 1.54) is 56.3 Å². The molecule has 4 heteroatoms. The Bertz CT molecular complexity index is 1650. The minimum Gasteiger partial charge on any atom is -0.255 e. The quantitative estimate of drug-likeness (QED) is 0.243. The Morgan fingerprint density at radius 3 is 2.45 bits per heavy atom. The zero-order chi connectivity index (χ0) is 22.9. The molecule has 6 aromatic rings. The van der Waals surface area contributed by atoms with E-state index in [1.54, 1.807) is 0 Å². The topological polar surface area (TPSA) is 12.9 Å². The number of hydrogen-bond acceptors (Lipinski definition) is 4. The van der Waals surface area contributed by atoms with Crippen LogP contribution in [-0.2, 0) is 11.8 Å². The Morgan fingerprint density at radius 1 is 0.848 bits per heavy atom. The molecule has 1 nitrogen and oxygen atoms in total. The largest absolute Gasteiger partial charge is 0.255 e. The molecule has 2 aromatic carbocycles. The van der Waals surface area contributed by atoms with Gasteiger partial charge in [0.15, 0.2) is 0 Å². The fraction of sp³-hybridized carbons (Fsp3) is 0.276. The molecule has 33 heavy (non-hydrogen) atoms. The van der Waals surface area contributed by atoms with Crippen LogP contribution in [0.5, 0.6) is 0 Å². The normalized spacial score (nSPS) is 12.8. The zero-order valence-electron chi connectivity index (χ0n) is 19.7. The van der Waals surface area contributed by atoms with Gasteiger partial charge < -0.3 is 0 Å². The summed E-state index contributed by atoms with van der Waals surface area (Å²) in [5.74, 6) is 0.677. The summed E-state index contributed by atoms with van der Waals surface area (Å²) in [6, 6.07) is 16.2. The van der Waals surface area contributed by atoms with Crippen LogP contribution in [0.4, 0.5) is 0 Å². The number of benzene rings is 2. The molecule has 0 radical (unpaired) electrons. The Morgan fingerprint density at radius 2 is 1.67 bits per heavy atom. The van der Waals surface area contributed by atoms with Crippen LogP contribution >= 0.6 is 34.0 Å². The van der Waals surface area contributed by atoms with Gasteiger partial charge >= 0.3 is 0 Å². The van der Waals surface area contributed by atoms with Crippen molar-refractivity contribution >= 4 is 74.4 Å². The number of nitrogens with zero attached hydrogens (tertiary/aromatic N) is 1. The zero-order valence-corrected chi connectivity index (χ0v) is 22.1. The highest BCUT2D eigenvalue weighted by molar-refractivity contribution is 7.28.